The van der Waals surface area contributed by atoms with Crippen molar-refractivity contribution in [1.82, 2.24) is 19.9 Å². The zero-order valence-electron chi connectivity index (χ0n) is 13.3. The fraction of sp³-hybridized carbons (Fsp3) is 0.353. The molecule has 3 heterocycles. The molecule has 0 amide bonds. The number of aromatic amines is 1. The molecule has 0 aromatic carbocycles. The van der Waals surface area contributed by atoms with Crippen molar-refractivity contribution >= 4 is 16.9 Å². The summed E-state index contributed by atoms with van der Waals surface area (Å²) in [6.07, 6.45) is 4.66. The number of fused-ring (bicyclic) bond motifs is 1. The van der Waals surface area contributed by atoms with Crippen LogP contribution in [-0.4, -0.2) is 33.0 Å². The molecule has 5 nitrogen and oxygen atoms in total. The zero-order chi connectivity index (χ0) is 15.5. The van der Waals surface area contributed by atoms with Gasteiger partial charge in [-0.15, -0.1) is 0 Å². The molecule has 3 aromatic rings. The van der Waals surface area contributed by atoms with Crippen LogP contribution in [0.4, 0.5) is 5.82 Å². The van der Waals surface area contributed by atoms with Gasteiger partial charge >= 0.3 is 0 Å². The molecule has 0 atom stereocenters. The Kier molecular flexibility index (Phi) is 4.04. The first kappa shape index (κ1) is 14.5. The van der Waals surface area contributed by atoms with E-state index >= 15 is 0 Å². The maximum atomic E-state index is 4.68. The fourth-order valence-electron chi connectivity index (χ4n) is 2.70. The maximum Gasteiger partial charge on any atom is 0.143 e. The minimum Gasteiger partial charge on any atom is -0.356 e. The molecule has 0 saturated heterocycles. The summed E-state index contributed by atoms with van der Waals surface area (Å²) in [6.45, 7) is 8.00. The number of aromatic nitrogens is 4. The number of rotatable bonds is 5. The molecule has 0 spiro atoms. The Bertz CT molecular complexity index is 763. The van der Waals surface area contributed by atoms with Gasteiger partial charge in [0.2, 0.25) is 0 Å². The molecule has 3 rings (SSSR count). The molecule has 0 saturated carbocycles. The molecule has 0 aliphatic rings. The lowest BCUT2D eigenvalue weighted by Crippen LogP contribution is -2.26. The standard InChI is InChI=1S/C17H21N5/c1-4-22(10-7-14-5-8-18-9-6-14)17-15-11-12(2)19-16(15)20-13(3)21-17/h5-6,8-9,11H,4,7,10H2,1-3H3,(H,19,20,21). The van der Waals surface area contributed by atoms with Crippen molar-refractivity contribution in [3.63, 3.8) is 0 Å². The topological polar surface area (TPSA) is 57.7 Å². The summed E-state index contributed by atoms with van der Waals surface area (Å²) in [5, 5.41) is 1.10. The van der Waals surface area contributed by atoms with E-state index in [0.717, 1.165) is 47.9 Å². The number of aryl methyl sites for hydroxylation is 2. The SMILES string of the molecule is CCN(CCc1ccncc1)c1nc(C)nc2[nH]c(C)cc12. The van der Waals surface area contributed by atoms with E-state index in [2.05, 4.69) is 50.0 Å². The minimum atomic E-state index is 0.798. The Morgan fingerprint density at radius 2 is 1.91 bits per heavy atom. The minimum absolute atomic E-state index is 0.798. The van der Waals surface area contributed by atoms with Crippen molar-refractivity contribution in [3.05, 3.63) is 47.7 Å². The van der Waals surface area contributed by atoms with Gasteiger partial charge in [-0.2, -0.15) is 0 Å². The average Bonchev–Trinajstić information content (AvgIpc) is 2.89. The highest BCUT2D eigenvalue weighted by Crippen LogP contribution is 2.24. The molecular weight excluding hydrogens is 274 g/mol. The maximum absolute atomic E-state index is 4.68. The monoisotopic (exact) mass is 295 g/mol. The van der Waals surface area contributed by atoms with Crippen molar-refractivity contribution in [3.8, 4) is 0 Å². The predicted octanol–water partition coefficient (Wildman–Crippen LogP) is 3.04. The highest BCUT2D eigenvalue weighted by Gasteiger charge is 2.14. The number of nitrogens with zero attached hydrogens (tertiary/aromatic N) is 4. The third-order valence-electron chi connectivity index (χ3n) is 3.81. The second-order valence-electron chi connectivity index (χ2n) is 5.49. The van der Waals surface area contributed by atoms with Crippen LogP contribution in [0.25, 0.3) is 11.0 Å². The predicted molar refractivity (Wildman–Crippen MR) is 89.2 cm³/mol. The number of hydrogen-bond acceptors (Lipinski definition) is 4. The summed E-state index contributed by atoms with van der Waals surface area (Å²) >= 11 is 0. The molecule has 0 unspecified atom stereocenters. The highest BCUT2D eigenvalue weighted by atomic mass is 15.2. The van der Waals surface area contributed by atoms with Crippen LogP contribution >= 0.6 is 0 Å². The molecular formula is C17H21N5. The summed E-state index contributed by atoms with van der Waals surface area (Å²) in [4.78, 5) is 18.9. The van der Waals surface area contributed by atoms with Crippen molar-refractivity contribution in [2.24, 2.45) is 0 Å². The summed E-state index contributed by atoms with van der Waals surface area (Å²) in [5.41, 5.74) is 3.32. The van der Waals surface area contributed by atoms with Gasteiger partial charge in [0.25, 0.3) is 0 Å². The summed E-state index contributed by atoms with van der Waals surface area (Å²) in [6, 6.07) is 6.25. The van der Waals surface area contributed by atoms with E-state index in [1.54, 1.807) is 0 Å². The smallest absolute Gasteiger partial charge is 0.143 e. The van der Waals surface area contributed by atoms with Crippen molar-refractivity contribution in [2.75, 3.05) is 18.0 Å². The van der Waals surface area contributed by atoms with E-state index in [0.29, 0.717) is 0 Å². The van der Waals surface area contributed by atoms with Crippen molar-refractivity contribution in [1.29, 1.82) is 0 Å². The lowest BCUT2D eigenvalue weighted by molar-refractivity contribution is 0.792. The lowest BCUT2D eigenvalue weighted by atomic mass is 10.2. The number of pyridine rings is 1. The number of H-pyrrole nitrogens is 1. The van der Waals surface area contributed by atoms with Gasteiger partial charge in [-0.25, -0.2) is 9.97 Å². The average molecular weight is 295 g/mol. The van der Waals surface area contributed by atoms with Crippen LogP contribution in [0.1, 0.15) is 24.0 Å². The van der Waals surface area contributed by atoms with Gasteiger partial charge in [0.1, 0.15) is 17.3 Å². The van der Waals surface area contributed by atoms with Gasteiger partial charge in [-0.05, 0) is 51.0 Å². The molecule has 114 valence electrons. The second-order valence-corrected chi connectivity index (χ2v) is 5.49. The molecule has 22 heavy (non-hydrogen) atoms. The number of hydrogen-bond donors (Lipinski definition) is 1. The largest absolute Gasteiger partial charge is 0.356 e. The van der Waals surface area contributed by atoms with Gasteiger partial charge in [-0.1, -0.05) is 0 Å². The van der Waals surface area contributed by atoms with Crippen molar-refractivity contribution in [2.45, 2.75) is 27.2 Å². The van der Waals surface area contributed by atoms with Gasteiger partial charge in [-0.3, -0.25) is 4.98 Å². The number of likely N-dealkylation sites (N-methyl/N-ethyl adjacent to an activating group) is 1. The van der Waals surface area contributed by atoms with E-state index in [-0.39, 0.29) is 0 Å². The molecule has 0 bridgehead atoms. The summed E-state index contributed by atoms with van der Waals surface area (Å²) < 4.78 is 0. The first-order valence-corrected chi connectivity index (χ1v) is 7.65. The quantitative estimate of drug-likeness (QED) is 0.786. The number of nitrogens with one attached hydrogen (secondary N) is 1. The Labute approximate surface area is 130 Å². The summed E-state index contributed by atoms with van der Waals surface area (Å²) in [5.74, 6) is 1.81. The highest BCUT2D eigenvalue weighted by molar-refractivity contribution is 5.88. The van der Waals surface area contributed by atoms with Gasteiger partial charge in [0, 0.05) is 31.2 Å². The molecule has 0 radical (unpaired) electrons. The molecule has 3 aromatic heterocycles. The lowest BCUT2D eigenvalue weighted by Gasteiger charge is -2.23. The van der Waals surface area contributed by atoms with Crippen LogP contribution in [0.2, 0.25) is 0 Å². The second kappa shape index (κ2) is 6.13. The molecule has 5 heteroatoms. The van der Waals surface area contributed by atoms with Crippen LogP contribution in [-0.2, 0) is 6.42 Å². The Morgan fingerprint density at radius 3 is 2.64 bits per heavy atom. The molecule has 0 fully saturated rings. The third kappa shape index (κ3) is 2.93. The van der Waals surface area contributed by atoms with Gasteiger partial charge in [0.15, 0.2) is 0 Å². The third-order valence-corrected chi connectivity index (χ3v) is 3.81. The van der Waals surface area contributed by atoms with E-state index in [1.807, 2.05) is 26.2 Å². The molecule has 0 aliphatic carbocycles. The number of anilines is 1. The van der Waals surface area contributed by atoms with Crippen LogP contribution < -0.4 is 4.90 Å². The first-order chi connectivity index (χ1) is 10.7. The fourth-order valence-corrected chi connectivity index (χ4v) is 2.70. The Hall–Kier alpha value is -2.43. The normalized spacial score (nSPS) is 11.0. The van der Waals surface area contributed by atoms with Crippen molar-refractivity contribution < 1.29 is 0 Å². The Morgan fingerprint density at radius 1 is 1.14 bits per heavy atom. The van der Waals surface area contributed by atoms with Crippen LogP contribution in [0.15, 0.2) is 30.6 Å². The molecule has 1 N–H and O–H groups in total. The van der Waals surface area contributed by atoms with Crippen LogP contribution in [0.5, 0.6) is 0 Å². The van der Waals surface area contributed by atoms with E-state index in [4.69, 9.17) is 0 Å². The zero-order valence-corrected chi connectivity index (χ0v) is 13.3. The van der Waals surface area contributed by atoms with E-state index < -0.39 is 0 Å². The van der Waals surface area contributed by atoms with E-state index in [1.165, 1.54) is 5.56 Å². The van der Waals surface area contributed by atoms with Gasteiger partial charge in [0.05, 0.1) is 5.39 Å². The Balaban J connectivity index is 1.90. The van der Waals surface area contributed by atoms with Crippen LogP contribution in [0, 0.1) is 13.8 Å². The van der Waals surface area contributed by atoms with Gasteiger partial charge < -0.3 is 9.88 Å². The van der Waals surface area contributed by atoms with E-state index in [9.17, 15) is 0 Å². The molecule has 0 aliphatic heterocycles. The summed E-state index contributed by atoms with van der Waals surface area (Å²) in [7, 11) is 0. The van der Waals surface area contributed by atoms with Crippen LogP contribution in [0.3, 0.4) is 0 Å². The first-order valence-electron chi connectivity index (χ1n) is 7.65.